The van der Waals surface area contributed by atoms with Crippen molar-refractivity contribution in [1.29, 1.82) is 0 Å². The van der Waals surface area contributed by atoms with Crippen LogP contribution in [-0.4, -0.2) is 46.8 Å². The molecule has 0 aromatic carbocycles. The Hall–Kier alpha value is -1.89. The number of carbonyl (C=O) groups excluding carboxylic acids is 2. The molecule has 0 bridgehead atoms. The summed E-state index contributed by atoms with van der Waals surface area (Å²) in [7, 11) is 0. The predicted molar refractivity (Wildman–Crippen MR) is 109 cm³/mol. The number of rotatable bonds is 8. The van der Waals surface area contributed by atoms with Gasteiger partial charge in [-0.1, -0.05) is 44.9 Å². The fourth-order valence-electron chi connectivity index (χ4n) is 4.27. The van der Waals surface area contributed by atoms with E-state index >= 15 is 0 Å². The third kappa shape index (κ3) is 6.93. The first kappa shape index (κ1) is 20.8. The van der Waals surface area contributed by atoms with Gasteiger partial charge in [-0.2, -0.15) is 5.10 Å². The molecule has 2 amide bonds. The molecule has 0 saturated heterocycles. The molecule has 1 aromatic rings. The third-order valence-corrected chi connectivity index (χ3v) is 5.87. The van der Waals surface area contributed by atoms with Crippen LogP contribution >= 0.6 is 0 Å². The van der Waals surface area contributed by atoms with Crippen LogP contribution in [-0.2, 0) is 11.3 Å². The highest BCUT2D eigenvalue weighted by atomic mass is 16.2. The summed E-state index contributed by atoms with van der Waals surface area (Å²) in [6.07, 6.45) is 16.7. The number of nitrogens with zero attached hydrogens (tertiary/aromatic N) is 2. The maximum absolute atomic E-state index is 12.3. The molecule has 1 heterocycles. The van der Waals surface area contributed by atoms with Gasteiger partial charge in [0, 0.05) is 31.4 Å². The van der Waals surface area contributed by atoms with Crippen LogP contribution in [0.4, 0.5) is 0 Å². The van der Waals surface area contributed by atoms with Gasteiger partial charge in [-0.25, -0.2) is 0 Å². The van der Waals surface area contributed by atoms with Crippen molar-refractivity contribution in [3.05, 3.63) is 18.0 Å². The van der Waals surface area contributed by atoms with Crippen molar-refractivity contribution >= 4 is 11.8 Å². The van der Waals surface area contributed by atoms with E-state index in [4.69, 9.17) is 0 Å². The van der Waals surface area contributed by atoms with Gasteiger partial charge in [0.2, 0.25) is 5.91 Å². The van der Waals surface area contributed by atoms with Crippen LogP contribution in [0.3, 0.4) is 0 Å². The number of nitrogens with one attached hydrogen (secondary N) is 3. The van der Waals surface area contributed by atoms with Crippen LogP contribution in [0.25, 0.3) is 0 Å². The number of aromatic nitrogens is 2. The molecule has 2 aliphatic rings. The summed E-state index contributed by atoms with van der Waals surface area (Å²) in [5.74, 6) is -0.170. The normalized spacial score (nSPS) is 19.1. The zero-order valence-corrected chi connectivity index (χ0v) is 16.9. The van der Waals surface area contributed by atoms with Crippen LogP contribution in [0.15, 0.2) is 12.4 Å². The second-order valence-electron chi connectivity index (χ2n) is 8.23. The molecule has 3 rings (SSSR count). The Bertz CT molecular complexity index is 616. The van der Waals surface area contributed by atoms with E-state index in [2.05, 4.69) is 21.0 Å². The molecular formula is C21H35N5O2. The largest absolute Gasteiger partial charge is 0.352 e. The number of amides is 2. The first-order valence-corrected chi connectivity index (χ1v) is 11.0. The minimum absolute atomic E-state index is 0.0328. The molecule has 3 N–H and O–H groups in total. The van der Waals surface area contributed by atoms with Gasteiger partial charge in [-0.05, 0) is 25.7 Å². The lowest BCUT2D eigenvalue weighted by atomic mass is 9.95. The molecule has 0 radical (unpaired) electrons. The van der Waals surface area contributed by atoms with Gasteiger partial charge in [-0.15, -0.1) is 0 Å². The molecular weight excluding hydrogens is 354 g/mol. The first-order chi connectivity index (χ1) is 13.7. The molecule has 2 saturated carbocycles. The van der Waals surface area contributed by atoms with E-state index in [0.717, 1.165) is 19.4 Å². The summed E-state index contributed by atoms with van der Waals surface area (Å²) in [5.41, 5.74) is 0.500. The molecule has 7 heteroatoms. The summed E-state index contributed by atoms with van der Waals surface area (Å²) in [5, 5.41) is 13.7. The fourth-order valence-corrected chi connectivity index (χ4v) is 4.27. The highest BCUT2D eigenvalue weighted by Crippen LogP contribution is 2.17. The molecule has 0 spiro atoms. The Morgan fingerprint density at radius 2 is 1.57 bits per heavy atom. The molecule has 0 atom stereocenters. The van der Waals surface area contributed by atoms with Gasteiger partial charge in [0.15, 0.2) is 0 Å². The summed E-state index contributed by atoms with van der Waals surface area (Å²) in [4.78, 5) is 24.4. The molecule has 7 nitrogen and oxygen atoms in total. The van der Waals surface area contributed by atoms with Crippen LogP contribution < -0.4 is 16.0 Å². The summed E-state index contributed by atoms with van der Waals surface area (Å²) in [6, 6.07) is 0.880. The average Bonchev–Trinajstić information content (AvgIpc) is 3.00. The van der Waals surface area contributed by atoms with Gasteiger partial charge in [0.1, 0.15) is 6.54 Å². The van der Waals surface area contributed by atoms with E-state index in [9.17, 15) is 9.59 Å². The summed E-state index contributed by atoms with van der Waals surface area (Å²) < 4.78 is 1.54. The van der Waals surface area contributed by atoms with Crippen molar-refractivity contribution in [2.75, 3.05) is 13.1 Å². The quantitative estimate of drug-likeness (QED) is 0.470. The Kier molecular flexibility index (Phi) is 8.33. The minimum Gasteiger partial charge on any atom is -0.352 e. The minimum atomic E-state index is -0.137. The van der Waals surface area contributed by atoms with Gasteiger partial charge in [-0.3, -0.25) is 14.3 Å². The highest BCUT2D eigenvalue weighted by Gasteiger charge is 2.17. The van der Waals surface area contributed by atoms with E-state index in [0.29, 0.717) is 24.2 Å². The lowest BCUT2D eigenvalue weighted by Crippen LogP contribution is -2.38. The SMILES string of the molecule is O=C(Cn1cc(C(=O)NCCNC2CCCCCC2)cn1)NC1CCCCC1. The average molecular weight is 390 g/mol. The van der Waals surface area contributed by atoms with Crippen LogP contribution in [0, 0.1) is 0 Å². The fraction of sp³-hybridized carbons (Fsp3) is 0.762. The van der Waals surface area contributed by atoms with Crippen molar-refractivity contribution in [2.45, 2.75) is 89.3 Å². The van der Waals surface area contributed by atoms with Crippen molar-refractivity contribution in [3.8, 4) is 0 Å². The summed E-state index contributed by atoms with van der Waals surface area (Å²) >= 11 is 0. The molecule has 28 heavy (non-hydrogen) atoms. The second kappa shape index (κ2) is 11.2. The third-order valence-electron chi connectivity index (χ3n) is 5.87. The van der Waals surface area contributed by atoms with Crippen molar-refractivity contribution in [1.82, 2.24) is 25.7 Å². The molecule has 0 aliphatic heterocycles. The Morgan fingerprint density at radius 3 is 2.29 bits per heavy atom. The number of carbonyl (C=O) groups is 2. The number of hydrogen-bond donors (Lipinski definition) is 3. The Labute approximate surface area is 168 Å². The van der Waals surface area contributed by atoms with Crippen LogP contribution in [0.2, 0.25) is 0 Å². The molecule has 0 unspecified atom stereocenters. The zero-order valence-electron chi connectivity index (χ0n) is 16.9. The molecule has 1 aromatic heterocycles. The maximum atomic E-state index is 12.3. The lowest BCUT2D eigenvalue weighted by molar-refractivity contribution is -0.122. The Morgan fingerprint density at radius 1 is 0.929 bits per heavy atom. The monoisotopic (exact) mass is 389 g/mol. The molecule has 2 fully saturated rings. The van der Waals surface area contributed by atoms with Crippen molar-refractivity contribution < 1.29 is 9.59 Å². The Balaban J connectivity index is 1.34. The standard InChI is InChI=1S/C21H35N5O2/c27-20(25-19-10-6-3-7-11-19)16-26-15-17(14-24-26)21(28)23-13-12-22-18-8-4-1-2-5-9-18/h14-15,18-19,22H,1-13,16H2,(H,23,28)(H,25,27). The van der Waals surface area contributed by atoms with Crippen LogP contribution in [0.1, 0.15) is 81.0 Å². The van der Waals surface area contributed by atoms with E-state index in [1.807, 2.05) is 0 Å². The van der Waals surface area contributed by atoms with E-state index in [-0.39, 0.29) is 18.4 Å². The number of hydrogen-bond acceptors (Lipinski definition) is 4. The van der Waals surface area contributed by atoms with Crippen molar-refractivity contribution in [2.24, 2.45) is 0 Å². The van der Waals surface area contributed by atoms with Crippen LogP contribution in [0.5, 0.6) is 0 Å². The molecule has 2 aliphatic carbocycles. The van der Waals surface area contributed by atoms with E-state index in [1.54, 1.807) is 6.20 Å². The predicted octanol–water partition coefficient (Wildman–Crippen LogP) is 2.37. The maximum Gasteiger partial charge on any atom is 0.254 e. The van der Waals surface area contributed by atoms with E-state index in [1.165, 1.54) is 68.7 Å². The van der Waals surface area contributed by atoms with Gasteiger partial charge in [0.25, 0.3) is 5.91 Å². The topological polar surface area (TPSA) is 88.1 Å². The van der Waals surface area contributed by atoms with Gasteiger partial charge in [0.05, 0.1) is 11.8 Å². The molecule has 156 valence electrons. The van der Waals surface area contributed by atoms with Gasteiger partial charge >= 0.3 is 0 Å². The van der Waals surface area contributed by atoms with Crippen molar-refractivity contribution in [3.63, 3.8) is 0 Å². The second-order valence-corrected chi connectivity index (χ2v) is 8.23. The van der Waals surface area contributed by atoms with Gasteiger partial charge < -0.3 is 16.0 Å². The van der Waals surface area contributed by atoms with E-state index < -0.39 is 0 Å². The zero-order chi connectivity index (χ0) is 19.6. The smallest absolute Gasteiger partial charge is 0.254 e. The first-order valence-electron chi connectivity index (χ1n) is 11.0. The highest BCUT2D eigenvalue weighted by molar-refractivity contribution is 5.93. The summed E-state index contributed by atoms with van der Waals surface area (Å²) in [6.45, 7) is 1.55. The lowest BCUT2D eigenvalue weighted by Gasteiger charge is -2.22.